The molecule has 19 heavy (non-hydrogen) atoms. The Morgan fingerprint density at radius 2 is 2.11 bits per heavy atom. The molecule has 4 N–H and O–H groups in total. The Balaban J connectivity index is 0.00000324. The van der Waals surface area contributed by atoms with Crippen molar-refractivity contribution in [3.8, 4) is 0 Å². The number of nitro benzene ring substituents is 1. The molecule has 1 atom stereocenters. The highest BCUT2D eigenvalue weighted by atomic mass is 35.5. The van der Waals surface area contributed by atoms with Gasteiger partial charge < -0.3 is 16.4 Å². The molecule has 0 aliphatic rings. The molecule has 1 aromatic carbocycles. The van der Waals surface area contributed by atoms with Gasteiger partial charge >= 0.3 is 0 Å². The van der Waals surface area contributed by atoms with Gasteiger partial charge in [-0.05, 0) is 13.0 Å². The Morgan fingerprint density at radius 3 is 2.58 bits per heavy atom. The maximum Gasteiger partial charge on any atom is 0.292 e. The number of carbonyl (C=O) groups excluding carboxylic acids is 1. The van der Waals surface area contributed by atoms with Crippen LogP contribution in [0.25, 0.3) is 0 Å². The molecule has 0 aliphatic heterocycles. The van der Waals surface area contributed by atoms with Crippen molar-refractivity contribution >= 4 is 29.7 Å². The van der Waals surface area contributed by atoms with Crippen LogP contribution in [0.1, 0.15) is 17.3 Å². The van der Waals surface area contributed by atoms with Crippen LogP contribution in [0.4, 0.5) is 11.4 Å². The number of likely N-dealkylation sites (N-methyl/N-ethyl adjacent to an activating group) is 1. The van der Waals surface area contributed by atoms with Gasteiger partial charge in [-0.15, -0.1) is 12.4 Å². The van der Waals surface area contributed by atoms with Crippen LogP contribution in [0.2, 0.25) is 0 Å². The van der Waals surface area contributed by atoms with Gasteiger partial charge in [0.15, 0.2) is 0 Å². The summed E-state index contributed by atoms with van der Waals surface area (Å²) in [6, 6.07) is 3.99. The van der Waals surface area contributed by atoms with Crippen LogP contribution >= 0.6 is 12.4 Å². The molecule has 8 heteroatoms. The number of carbonyl (C=O) groups is 1. The lowest BCUT2D eigenvalue weighted by Crippen LogP contribution is -2.40. The van der Waals surface area contributed by atoms with E-state index in [1.807, 2.05) is 0 Å². The number of hydrogen-bond donors (Lipinski definition) is 2. The first-order chi connectivity index (χ1) is 8.40. The molecular weight excluding hydrogens is 272 g/mol. The summed E-state index contributed by atoms with van der Waals surface area (Å²) in [5, 5.41) is 10.7. The van der Waals surface area contributed by atoms with Gasteiger partial charge in [0.05, 0.1) is 10.5 Å². The number of halogens is 1. The average Bonchev–Trinajstić information content (AvgIpc) is 2.36. The predicted molar refractivity (Wildman–Crippen MR) is 75.4 cm³/mol. The third-order valence-corrected chi connectivity index (χ3v) is 2.83. The van der Waals surface area contributed by atoms with Crippen LogP contribution < -0.4 is 11.5 Å². The zero-order chi connectivity index (χ0) is 13.9. The summed E-state index contributed by atoms with van der Waals surface area (Å²) in [6.45, 7) is 2.09. The van der Waals surface area contributed by atoms with Crippen molar-refractivity contribution in [2.24, 2.45) is 5.73 Å². The second-order valence-corrected chi connectivity index (χ2v) is 4.00. The molecule has 1 rings (SSSR count). The van der Waals surface area contributed by atoms with E-state index in [9.17, 15) is 14.9 Å². The molecule has 0 heterocycles. The maximum absolute atomic E-state index is 12.1. The summed E-state index contributed by atoms with van der Waals surface area (Å²) < 4.78 is 0. The normalized spacial score (nSPS) is 11.3. The highest BCUT2D eigenvalue weighted by Gasteiger charge is 2.23. The number of nitrogen functional groups attached to an aromatic ring is 1. The molecule has 0 aliphatic carbocycles. The number of anilines is 1. The van der Waals surface area contributed by atoms with Crippen molar-refractivity contribution in [3.63, 3.8) is 0 Å². The van der Waals surface area contributed by atoms with Gasteiger partial charge in [0.1, 0.15) is 5.69 Å². The van der Waals surface area contributed by atoms with Crippen LogP contribution in [0, 0.1) is 10.1 Å². The second-order valence-electron chi connectivity index (χ2n) is 4.00. The van der Waals surface area contributed by atoms with Gasteiger partial charge in [-0.3, -0.25) is 14.9 Å². The van der Waals surface area contributed by atoms with Gasteiger partial charge in [-0.1, -0.05) is 6.07 Å². The third kappa shape index (κ3) is 3.55. The van der Waals surface area contributed by atoms with Gasteiger partial charge in [0.2, 0.25) is 0 Å². The fraction of sp³-hybridized carbons (Fsp3) is 0.364. The molecule has 1 unspecified atom stereocenters. The van der Waals surface area contributed by atoms with E-state index in [0.717, 1.165) is 0 Å². The second kappa shape index (κ2) is 6.91. The summed E-state index contributed by atoms with van der Waals surface area (Å²) in [5.41, 5.74) is 10.8. The lowest BCUT2D eigenvalue weighted by atomic mass is 10.1. The van der Waals surface area contributed by atoms with Crippen LogP contribution in [0.3, 0.4) is 0 Å². The van der Waals surface area contributed by atoms with E-state index in [-0.39, 0.29) is 41.3 Å². The van der Waals surface area contributed by atoms with Crippen molar-refractivity contribution in [1.82, 2.24) is 4.90 Å². The van der Waals surface area contributed by atoms with Crippen molar-refractivity contribution in [2.75, 3.05) is 19.3 Å². The molecule has 0 saturated heterocycles. The van der Waals surface area contributed by atoms with Crippen molar-refractivity contribution in [1.29, 1.82) is 0 Å². The Hall–Kier alpha value is -1.86. The number of nitrogens with zero attached hydrogens (tertiary/aromatic N) is 2. The number of nitro groups is 1. The lowest BCUT2D eigenvalue weighted by molar-refractivity contribution is -0.383. The quantitative estimate of drug-likeness (QED) is 0.487. The topological polar surface area (TPSA) is 115 Å². The Labute approximate surface area is 117 Å². The van der Waals surface area contributed by atoms with Gasteiger partial charge in [0.25, 0.3) is 11.6 Å². The largest absolute Gasteiger partial charge is 0.393 e. The maximum atomic E-state index is 12.1. The minimum atomic E-state index is -0.613. The monoisotopic (exact) mass is 288 g/mol. The zero-order valence-corrected chi connectivity index (χ0v) is 11.5. The molecule has 1 aromatic rings. The first kappa shape index (κ1) is 17.1. The molecule has 0 aromatic heterocycles. The fourth-order valence-corrected chi connectivity index (χ4v) is 1.45. The lowest BCUT2D eigenvalue weighted by Gasteiger charge is -2.24. The van der Waals surface area contributed by atoms with Crippen molar-refractivity contribution in [3.05, 3.63) is 33.9 Å². The minimum absolute atomic E-state index is 0. The molecule has 0 bridgehead atoms. The van der Waals surface area contributed by atoms with Crippen molar-refractivity contribution in [2.45, 2.75) is 13.0 Å². The smallest absolute Gasteiger partial charge is 0.292 e. The van der Waals surface area contributed by atoms with E-state index in [1.165, 1.54) is 23.1 Å². The molecule has 0 spiro atoms. The number of nitrogens with two attached hydrogens (primary N) is 2. The van der Waals surface area contributed by atoms with E-state index in [4.69, 9.17) is 11.5 Å². The van der Waals surface area contributed by atoms with Gasteiger partial charge in [0, 0.05) is 25.7 Å². The fourth-order valence-electron chi connectivity index (χ4n) is 1.45. The van der Waals surface area contributed by atoms with Crippen LogP contribution in [0.15, 0.2) is 18.2 Å². The van der Waals surface area contributed by atoms with E-state index in [0.29, 0.717) is 6.54 Å². The Kier molecular flexibility index (Phi) is 6.23. The molecule has 0 saturated carbocycles. The van der Waals surface area contributed by atoms with E-state index in [1.54, 1.807) is 14.0 Å². The number of benzene rings is 1. The standard InChI is InChI=1S/C11H16N4O3.ClH/c1-7(6-12)14(2)11(16)8-4-3-5-9(10(8)13)15(17)18;/h3-5,7H,6,12-13H2,1-2H3;1H. The summed E-state index contributed by atoms with van der Waals surface area (Å²) in [4.78, 5) is 23.6. The molecule has 106 valence electrons. The average molecular weight is 289 g/mol. The molecule has 1 amide bonds. The highest BCUT2D eigenvalue weighted by molar-refractivity contribution is 6.01. The first-order valence-corrected chi connectivity index (χ1v) is 5.40. The summed E-state index contributed by atoms with van der Waals surface area (Å²) in [5.74, 6) is -0.380. The Morgan fingerprint density at radius 1 is 1.53 bits per heavy atom. The third-order valence-electron chi connectivity index (χ3n) is 2.83. The molecule has 0 radical (unpaired) electrons. The van der Waals surface area contributed by atoms with Crippen LogP contribution in [-0.2, 0) is 0 Å². The molecular formula is C11H17ClN4O3. The number of hydrogen-bond acceptors (Lipinski definition) is 5. The van der Waals surface area contributed by atoms with E-state index >= 15 is 0 Å². The predicted octanol–water partition coefficient (Wildman–Crippen LogP) is 1.02. The highest BCUT2D eigenvalue weighted by Crippen LogP contribution is 2.25. The number of amides is 1. The SMILES string of the molecule is CC(CN)N(C)C(=O)c1cccc([N+](=O)[O-])c1N.Cl. The number of para-hydroxylation sites is 1. The molecule has 0 fully saturated rings. The van der Waals surface area contributed by atoms with Crippen molar-refractivity contribution < 1.29 is 9.72 Å². The number of rotatable bonds is 4. The summed E-state index contributed by atoms with van der Waals surface area (Å²) in [7, 11) is 1.58. The Bertz CT molecular complexity index is 481. The van der Waals surface area contributed by atoms with E-state index in [2.05, 4.69) is 0 Å². The van der Waals surface area contributed by atoms with Gasteiger partial charge in [-0.25, -0.2) is 0 Å². The summed E-state index contributed by atoms with van der Waals surface area (Å²) >= 11 is 0. The minimum Gasteiger partial charge on any atom is -0.393 e. The van der Waals surface area contributed by atoms with Crippen LogP contribution in [-0.4, -0.2) is 35.4 Å². The summed E-state index contributed by atoms with van der Waals surface area (Å²) in [6.07, 6.45) is 0. The zero-order valence-electron chi connectivity index (χ0n) is 10.7. The van der Waals surface area contributed by atoms with Gasteiger partial charge in [-0.2, -0.15) is 0 Å². The van der Waals surface area contributed by atoms with E-state index < -0.39 is 4.92 Å². The molecule has 7 nitrogen and oxygen atoms in total. The first-order valence-electron chi connectivity index (χ1n) is 5.40. The van der Waals surface area contributed by atoms with Crippen LogP contribution in [0.5, 0.6) is 0 Å².